The van der Waals surface area contributed by atoms with Crippen molar-refractivity contribution in [3.8, 4) is 22.4 Å². The Morgan fingerprint density at radius 3 is 1.97 bits per heavy atom. The molecule has 0 atom stereocenters. The zero-order valence-electron chi connectivity index (χ0n) is 19.8. The van der Waals surface area contributed by atoms with Crippen LogP contribution in [0.25, 0.3) is 22.4 Å². The lowest BCUT2D eigenvalue weighted by molar-refractivity contribution is -0.137. The van der Waals surface area contributed by atoms with Crippen LogP contribution in [0.5, 0.6) is 0 Å². The summed E-state index contributed by atoms with van der Waals surface area (Å²) in [6.45, 7) is 2.07. The molecule has 0 aliphatic rings. The molecule has 0 saturated carbocycles. The Balaban J connectivity index is 1.43. The second-order valence-corrected chi connectivity index (χ2v) is 10.9. The summed E-state index contributed by atoms with van der Waals surface area (Å²) in [5.41, 5.74) is 2.90. The lowest BCUT2D eigenvalue weighted by atomic mass is 10.0. The lowest BCUT2D eigenvalue weighted by Gasteiger charge is -2.20. The molecule has 4 rings (SSSR count). The fourth-order valence-corrected chi connectivity index (χ4v) is 5.39. The SMILES string of the molecule is CCN(c1ccc(-c2csc(NC(=O)c3ccc(-c4ccc(C(F)(F)F)cc4)cc3)n2)cc1)S(C)(=O)=O. The van der Waals surface area contributed by atoms with E-state index in [-0.39, 0.29) is 5.91 Å². The van der Waals surface area contributed by atoms with E-state index in [2.05, 4.69) is 10.3 Å². The number of halogens is 3. The van der Waals surface area contributed by atoms with Gasteiger partial charge in [0.2, 0.25) is 10.0 Å². The van der Waals surface area contributed by atoms with Crippen molar-refractivity contribution in [2.75, 3.05) is 22.4 Å². The van der Waals surface area contributed by atoms with Gasteiger partial charge in [0.15, 0.2) is 5.13 Å². The minimum Gasteiger partial charge on any atom is -0.298 e. The summed E-state index contributed by atoms with van der Waals surface area (Å²) in [4.78, 5) is 17.1. The van der Waals surface area contributed by atoms with E-state index in [1.807, 2.05) is 0 Å². The fourth-order valence-electron chi connectivity index (χ4n) is 3.71. The summed E-state index contributed by atoms with van der Waals surface area (Å²) < 4.78 is 63.4. The topological polar surface area (TPSA) is 79.4 Å². The number of rotatable bonds is 7. The first-order chi connectivity index (χ1) is 17.5. The maximum Gasteiger partial charge on any atom is 0.416 e. The summed E-state index contributed by atoms with van der Waals surface area (Å²) in [6.07, 6.45) is -3.24. The van der Waals surface area contributed by atoms with Gasteiger partial charge in [0.05, 0.1) is 23.2 Å². The number of alkyl halides is 3. The van der Waals surface area contributed by atoms with Crippen molar-refractivity contribution >= 4 is 38.1 Å². The first kappa shape index (κ1) is 26.4. The number of carbonyl (C=O) groups is 1. The molecule has 0 unspecified atom stereocenters. The number of nitrogens with one attached hydrogen (secondary N) is 1. The third-order valence-electron chi connectivity index (χ3n) is 5.56. The average molecular weight is 546 g/mol. The summed E-state index contributed by atoms with van der Waals surface area (Å²) in [6, 6.07) is 18.3. The first-order valence-corrected chi connectivity index (χ1v) is 13.8. The molecule has 3 aromatic carbocycles. The molecule has 1 heterocycles. The zero-order chi connectivity index (χ0) is 26.8. The predicted molar refractivity (Wildman–Crippen MR) is 140 cm³/mol. The second kappa shape index (κ2) is 10.3. The summed E-state index contributed by atoms with van der Waals surface area (Å²) in [5, 5.41) is 4.92. The van der Waals surface area contributed by atoms with Crippen LogP contribution in [-0.2, 0) is 16.2 Å². The molecule has 0 radical (unpaired) electrons. The Bertz CT molecular complexity index is 1500. The van der Waals surface area contributed by atoms with Crippen LogP contribution in [0.4, 0.5) is 24.0 Å². The number of amides is 1. The van der Waals surface area contributed by atoms with Gasteiger partial charge in [-0.1, -0.05) is 36.4 Å². The number of benzene rings is 3. The molecule has 0 aliphatic heterocycles. The number of thiazole rings is 1. The quantitative estimate of drug-likeness (QED) is 0.286. The van der Waals surface area contributed by atoms with Gasteiger partial charge in [-0.15, -0.1) is 11.3 Å². The summed E-state index contributed by atoms with van der Waals surface area (Å²) in [5.74, 6) is -0.373. The van der Waals surface area contributed by atoms with Crippen LogP contribution >= 0.6 is 11.3 Å². The highest BCUT2D eigenvalue weighted by Gasteiger charge is 2.30. The zero-order valence-corrected chi connectivity index (χ0v) is 21.4. The Hall–Kier alpha value is -3.70. The molecule has 0 saturated heterocycles. The minimum absolute atomic E-state index is 0.316. The molecule has 11 heteroatoms. The minimum atomic E-state index is -4.39. The molecule has 192 valence electrons. The van der Waals surface area contributed by atoms with Crippen molar-refractivity contribution in [1.29, 1.82) is 0 Å². The number of hydrogen-bond donors (Lipinski definition) is 1. The van der Waals surface area contributed by atoms with Gasteiger partial charge >= 0.3 is 6.18 Å². The van der Waals surface area contributed by atoms with Crippen molar-refractivity contribution in [3.63, 3.8) is 0 Å². The van der Waals surface area contributed by atoms with Gasteiger partial charge in [-0.05, 0) is 54.4 Å². The number of aromatic nitrogens is 1. The van der Waals surface area contributed by atoms with Gasteiger partial charge in [0.25, 0.3) is 5.91 Å². The molecule has 0 bridgehead atoms. The largest absolute Gasteiger partial charge is 0.416 e. The monoisotopic (exact) mass is 545 g/mol. The molecule has 1 amide bonds. The smallest absolute Gasteiger partial charge is 0.298 e. The van der Waals surface area contributed by atoms with E-state index < -0.39 is 21.8 Å². The van der Waals surface area contributed by atoms with Crippen LogP contribution in [-0.4, -0.2) is 32.1 Å². The molecule has 37 heavy (non-hydrogen) atoms. The number of anilines is 2. The number of sulfonamides is 1. The molecule has 6 nitrogen and oxygen atoms in total. The standard InChI is InChI=1S/C26H22F3N3O3S2/c1-3-32(37(2,34)35)22-14-10-19(11-15-22)23-16-36-25(30-23)31-24(33)20-6-4-17(5-7-20)18-8-12-21(13-9-18)26(27,28)29/h4-16H,3H2,1-2H3,(H,30,31,33). The molecule has 0 spiro atoms. The highest BCUT2D eigenvalue weighted by molar-refractivity contribution is 7.92. The number of hydrogen-bond acceptors (Lipinski definition) is 5. The van der Waals surface area contributed by atoms with Crippen molar-refractivity contribution < 1.29 is 26.4 Å². The summed E-state index contributed by atoms with van der Waals surface area (Å²) in [7, 11) is -3.38. The molecular weight excluding hydrogens is 523 g/mol. The van der Waals surface area contributed by atoms with Crippen LogP contribution in [0.2, 0.25) is 0 Å². The van der Waals surface area contributed by atoms with Gasteiger partial charge in [0.1, 0.15) is 0 Å². The van der Waals surface area contributed by atoms with E-state index >= 15 is 0 Å². The molecule has 0 fully saturated rings. The molecule has 1 aromatic heterocycles. The van der Waals surface area contributed by atoms with Crippen molar-refractivity contribution in [3.05, 3.63) is 89.3 Å². The van der Waals surface area contributed by atoms with Gasteiger partial charge in [-0.25, -0.2) is 13.4 Å². The second-order valence-electron chi connectivity index (χ2n) is 8.12. The van der Waals surface area contributed by atoms with Crippen LogP contribution in [0.1, 0.15) is 22.8 Å². The van der Waals surface area contributed by atoms with E-state index in [0.29, 0.717) is 39.7 Å². The lowest BCUT2D eigenvalue weighted by Crippen LogP contribution is -2.29. The Kier molecular flexibility index (Phi) is 7.37. The van der Waals surface area contributed by atoms with E-state index in [1.165, 1.54) is 27.8 Å². The van der Waals surface area contributed by atoms with Gasteiger partial charge in [0, 0.05) is 23.1 Å². The van der Waals surface area contributed by atoms with E-state index in [1.54, 1.807) is 60.8 Å². The van der Waals surface area contributed by atoms with E-state index in [0.717, 1.165) is 24.0 Å². The van der Waals surface area contributed by atoms with Crippen LogP contribution in [0, 0.1) is 0 Å². The van der Waals surface area contributed by atoms with Crippen LogP contribution in [0.3, 0.4) is 0 Å². The average Bonchev–Trinajstić information content (AvgIpc) is 3.32. The summed E-state index contributed by atoms with van der Waals surface area (Å²) >= 11 is 1.25. The fraction of sp³-hybridized carbons (Fsp3) is 0.154. The van der Waals surface area contributed by atoms with Crippen molar-refractivity contribution in [1.82, 2.24) is 4.98 Å². The maximum absolute atomic E-state index is 12.8. The predicted octanol–water partition coefficient (Wildman–Crippen LogP) is 6.53. The van der Waals surface area contributed by atoms with E-state index in [4.69, 9.17) is 0 Å². The van der Waals surface area contributed by atoms with Crippen LogP contribution < -0.4 is 9.62 Å². The Morgan fingerprint density at radius 2 is 1.46 bits per heavy atom. The molecule has 0 aliphatic carbocycles. The highest BCUT2D eigenvalue weighted by atomic mass is 32.2. The number of carbonyl (C=O) groups excluding carboxylic acids is 1. The van der Waals surface area contributed by atoms with E-state index in [9.17, 15) is 26.4 Å². The highest BCUT2D eigenvalue weighted by Crippen LogP contribution is 2.31. The van der Waals surface area contributed by atoms with Gasteiger partial charge in [-0.3, -0.25) is 14.4 Å². The molecular formula is C26H22F3N3O3S2. The van der Waals surface area contributed by atoms with Crippen molar-refractivity contribution in [2.45, 2.75) is 13.1 Å². The number of nitrogens with zero attached hydrogens (tertiary/aromatic N) is 2. The molecule has 1 N–H and O–H groups in total. The normalized spacial score (nSPS) is 11.8. The van der Waals surface area contributed by atoms with Gasteiger partial charge < -0.3 is 0 Å². The first-order valence-electron chi connectivity index (χ1n) is 11.1. The Morgan fingerprint density at radius 1 is 0.919 bits per heavy atom. The molecule has 4 aromatic rings. The maximum atomic E-state index is 12.8. The Labute approximate surface area is 216 Å². The third-order valence-corrected chi connectivity index (χ3v) is 7.58. The van der Waals surface area contributed by atoms with Crippen LogP contribution in [0.15, 0.2) is 78.2 Å². The third kappa shape index (κ3) is 6.17. The van der Waals surface area contributed by atoms with Gasteiger partial charge in [-0.2, -0.15) is 13.2 Å². The van der Waals surface area contributed by atoms with Crippen molar-refractivity contribution in [2.24, 2.45) is 0 Å².